The van der Waals surface area contributed by atoms with Crippen LogP contribution in [0.1, 0.15) is 17.5 Å². The largest absolute Gasteiger partial charge is 0.497 e. The number of carbonyl (C=O) groups excluding carboxylic acids is 1. The number of halogens is 1. The molecule has 0 aliphatic rings. The molecule has 2 aromatic rings. The minimum absolute atomic E-state index is 0. The van der Waals surface area contributed by atoms with Gasteiger partial charge in [-0.25, -0.2) is 0 Å². The predicted octanol–water partition coefficient (Wildman–Crippen LogP) is 3.59. The summed E-state index contributed by atoms with van der Waals surface area (Å²) >= 11 is 0. The number of nitrogens with one attached hydrogen (secondary N) is 1. The molecule has 5 nitrogen and oxygen atoms in total. The molecule has 3 N–H and O–H groups in total. The first-order valence-corrected chi connectivity index (χ1v) is 7.39. The summed E-state index contributed by atoms with van der Waals surface area (Å²) in [6.45, 7) is 1.93. The number of benzene rings is 2. The molecule has 0 saturated heterocycles. The Hall–Kier alpha value is -2.40. The van der Waals surface area contributed by atoms with E-state index < -0.39 is 0 Å². The van der Waals surface area contributed by atoms with Gasteiger partial charge in [-0.2, -0.15) is 0 Å². The fourth-order valence-electron chi connectivity index (χ4n) is 2.26. The average Bonchev–Trinajstić information content (AvgIpc) is 2.56. The topological polar surface area (TPSA) is 73.6 Å². The minimum atomic E-state index is -0.0551. The monoisotopic (exact) mass is 350 g/mol. The second-order valence-corrected chi connectivity index (χ2v) is 5.34. The summed E-state index contributed by atoms with van der Waals surface area (Å²) in [6, 6.07) is 11.1. The van der Waals surface area contributed by atoms with E-state index >= 15 is 0 Å². The van der Waals surface area contributed by atoms with Crippen LogP contribution in [-0.2, 0) is 11.2 Å². The van der Waals surface area contributed by atoms with Gasteiger partial charge in [0.1, 0.15) is 11.5 Å². The van der Waals surface area contributed by atoms with Crippen LogP contribution in [0.3, 0.4) is 0 Å². The molecule has 130 valence electrons. The highest BCUT2D eigenvalue weighted by atomic mass is 35.5. The highest BCUT2D eigenvalue weighted by Gasteiger charge is 2.08. The summed E-state index contributed by atoms with van der Waals surface area (Å²) in [5, 5.41) is 2.90. The third-order valence-electron chi connectivity index (χ3n) is 3.59. The Morgan fingerprint density at radius 1 is 1.08 bits per heavy atom. The Morgan fingerprint density at radius 2 is 1.71 bits per heavy atom. The number of anilines is 2. The number of amides is 1. The number of hydrogen-bond donors (Lipinski definition) is 2. The van der Waals surface area contributed by atoms with Crippen LogP contribution in [-0.4, -0.2) is 20.1 Å². The summed E-state index contributed by atoms with van der Waals surface area (Å²) in [6.07, 6.45) is 0.964. The zero-order chi connectivity index (χ0) is 16.8. The second-order valence-electron chi connectivity index (χ2n) is 5.34. The van der Waals surface area contributed by atoms with Gasteiger partial charge < -0.3 is 20.5 Å². The fraction of sp³-hybridized carbons (Fsp3) is 0.278. The highest BCUT2D eigenvalue weighted by molar-refractivity contribution is 5.92. The molecule has 24 heavy (non-hydrogen) atoms. The van der Waals surface area contributed by atoms with Gasteiger partial charge in [-0.3, -0.25) is 4.79 Å². The SMILES string of the molecule is COc1cc(CCC(=O)Nc2cc(N)ccc2C)cc(OC)c1.Cl. The lowest BCUT2D eigenvalue weighted by molar-refractivity contribution is -0.116. The molecular formula is C18H23ClN2O3. The van der Waals surface area contributed by atoms with Crippen molar-refractivity contribution in [2.75, 3.05) is 25.3 Å². The van der Waals surface area contributed by atoms with E-state index in [1.54, 1.807) is 26.4 Å². The molecule has 6 heteroatoms. The lowest BCUT2D eigenvalue weighted by Crippen LogP contribution is -2.13. The molecular weight excluding hydrogens is 328 g/mol. The minimum Gasteiger partial charge on any atom is -0.497 e. The van der Waals surface area contributed by atoms with Crippen LogP contribution in [0.2, 0.25) is 0 Å². The molecule has 2 rings (SSSR count). The Morgan fingerprint density at radius 3 is 2.29 bits per heavy atom. The highest BCUT2D eigenvalue weighted by Crippen LogP contribution is 2.24. The number of ether oxygens (including phenoxy) is 2. The quantitative estimate of drug-likeness (QED) is 0.781. The lowest BCUT2D eigenvalue weighted by atomic mass is 10.1. The summed E-state index contributed by atoms with van der Waals surface area (Å²) in [7, 11) is 3.21. The first-order chi connectivity index (χ1) is 11.0. The van der Waals surface area contributed by atoms with Crippen LogP contribution in [0.4, 0.5) is 11.4 Å². The van der Waals surface area contributed by atoms with Crippen molar-refractivity contribution in [2.45, 2.75) is 19.8 Å². The molecule has 0 aromatic heterocycles. The van der Waals surface area contributed by atoms with E-state index in [0.29, 0.717) is 30.0 Å². The van der Waals surface area contributed by atoms with E-state index in [4.69, 9.17) is 15.2 Å². The van der Waals surface area contributed by atoms with Crippen molar-refractivity contribution in [1.82, 2.24) is 0 Å². The molecule has 2 aromatic carbocycles. The molecule has 0 bridgehead atoms. The van der Waals surface area contributed by atoms with Crippen molar-refractivity contribution in [3.63, 3.8) is 0 Å². The molecule has 0 saturated carbocycles. The Bertz CT molecular complexity index is 682. The van der Waals surface area contributed by atoms with Gasteiger partial charge in [-0.05, 0) is 48.7 Å². The third-order valence-corrected chi connectivity index (χ3v) is 3.59. The third kappa shape index (κ3) is 5.35. The molecule has 0 atom stereocenters. The maximum atomic E-state index is 12.1. The summed E-state index contributed by atoms with van der Waals surface area (Å²) in [5.41, 5.74) is 9.10. The first-order valence-electron chi connectivity index (χ1n) is 7.39. The Labute approximate surface area is 148 Å². The van der Waals surface area contributed by atoms with Crippen molar-refractivity contribution in [1.29, 1.82) is 0 Å². The zero-order valence-corrected chi connectivity index (χ0v) is 14.9. The summed E-state index contributed by atoms with van der Waals surface area (Å²) in [5.74, 6) is 1.37. The van der Waals surface area contributed by atoms with Gasteiger partial charge in [0.15, 0.2) is 0 Å². The zero-order valence-electron chi connectivity index (χ0n) is 14.1. The lowest BCUT2D eigenvalue weighted by Gasteiger charge is -2.10. The number of carbonyl (C=O) groups is 1. The van der Waals surface area contributed by atoms with Gasteiger partial charge in [-0.15, -0.1) is 12.4 Å². The van der Waals surface area contributed by atoms with Gasteiger partial charge >= 0.3 is 0 Å². The van der Waals surface area contributed by atoms with Crippen molar-refractivity contribution >= 4 is 29.7 Å². The van der Waals surface area contributed by atoms with Crippen LogP contribution in [0.15, 0.2) is 36.4 Å². The fourth-order valence-corrected chi connectivity index (χ4v) is 2.26. The van der Waals surface area contributed by atoms with Gasteiger partial charge in [0, 0.05) is 23.9 Å². The number of aryl methyl sites for hydroxylation is 2. The predicted molar refractivity (Wildman–Crippen MR) is 99.3 cm³/mol. The molecule has 0 radical (unpaired) electrons. The maximum absolute atomic E-state index is 12.1. The van der Waals surface area contributed by atoms with E-state index in [0.717, 1.165) is 16.8 Å². The van der Waals surface area contributed by atoms with Crippen LogP contribution < -0.4 is 20.5 Å². The number of methoxy groups -OCH3 is 2. The van der Waals surface area contributed by atoms with Crippen LogP contribution in [0, 0.1) is 6.92 Å². The van der Waals surface area contributed by atoms with Crippen LogP contribution >= 0.6 is 12.4 Å². The molecule has 0 aliphatic carbocycles. The standard InChI is InChI=1S/C18H22N2O3.ClH/c1-12-4-6-14(19)10-17(12)20-18(21)7-5-13-8-15(22-2)11-16(9-13)23-3;/h4,6,8-11H,5,7,19H2,1-3H3,(H,20,21);1H. The van der Waals surface area contributed by atoms with E-state index in [1.807, 2.05) is 31.2 Å². The molecule has 1 amide bonds. The van der Waals surface area contributed by atoms with Gasteiger partial charge in [0.2, 0.25) is 5.91 Å². The molecule has 0 heterocycles. The van der Waals surface area contributed by atoms with Gasteiger partial charge in [0.05, 0.1) is 14.2 Å². The van der Waals surface area contributed by atoms with Crippen LogP contribution in [0.5, 0.6) is 11.5 Å². The average molecular weight is 351 g/mol. The second kappa shape index (κ2) is 9.03. The normalized spacial score (nSPS) is 9.79. The summed E-state index contributed by atoms with van der Waals surface area (Å²) in [4.78, 5) is 12.1. The number of nitrogen functional groups attached to an aromatic ring is 1. The Balaban J connectivity index is 0.00000288. The smallest absolute Gasteiger partial charge is 0.224 e. The van der Waals surface area contributed by atoms with Crippen molar-refractivity contribution in [2.24, 2.45) is 0 Å². The molecule has 0 aliphatic heterocycles. The van der Waals surface area contributed by atoms with Crippen molar-refractivity contribution in [3.8, 4) is 11.5 Å². The number of rotatable bonds is 6. The van der Waals surface area contributed by atoms with Crippen molar-refractivity contribution in [3.05, 3.63) is 47.5 Å². The van der Waals surface area contributed by atoms with Crippen LogP contribution in [0.25, 0.3) is 0 Å². The molecule has 0 spiro atoms. The number of hydrogen-bond acceptors (Lipinski definition) is 4. The van der Waals surface area contributed by atoms with Gasteiger partial charge in [0.25, 0.3) is 0 Å². The molecule has 0 fully saturated rings. The van der Waals surface area contributed by atoms with E-state index in [1.165, 1.54) is 0 Å². The first kappa shape index (κ1) is 19.6. The van der Waals surface area contributed by atoms with Crippen molar-refractivity contribution < 1.29 is 14.3 Å². The van der Waals surface area contributed by atoms with E-state index in [9.17, 15) is 4.79 Å². The number of nitrogens with two attached hydrogens (primary N) is 1. The molecule has 0 unspecified atom stereocenters. The summed E-state index contributed by atoms with van der Waals surface area (Å²) < 4.78 is 10.5. The maximum Gasteiger partial charge on any atom is 0.224 e. The Kier molecular flexibility index (Phi) is 7.39. The van der Waals surface area contributed by atoms with E-state index in [2.05, 4.69) is 5.32 Å². The van der Waals surface area contributed by atoms with E-state index in [-0.39, 0.29) is 18.3 Å². The van der Waals surface area contributed by atoms with Gasteiger partial charge in [-0.1, -0.05) is 6.07 Å².